The molecule has 0 bridgehead atoms. The van der Waals surface area contributed by atoms with E-state index in [1.807, 2.05) is 4.90 Å². The molecule has 1 spiro atoms. The Bertz CT molecular complexity index is 1740. The Morgan fingerprint density at radius 1 is 0.932 bits per heavy atom. The zero-order valence-corrected chi connectivity index (χ0v) is 24.0. The van der Waals surface area contributed by atoms with Crippen LogP contribution in [-0.2, 0) is 11.0 Å². The van der Waals surface area contributed by atoms with Crippen molar-refractivity contribution in [1.82, 2.24) is 19.7 Å². The maximum atomic E-state index is 14.5. The first-order chi connectivity index (χ1) is 20.9. The number of Topliss-reactive ketones (excluding diaryl/α,β-unsaturated/α-hetero) is 1. The third-order valence-corrected chi connectivity index (χ3v) is 8.60. The van der Waals surface area contributed by atoms with Crippen LogP contribution in [0.1, 0.15) is 46.4 Å². The van der Waals surface area contributed by atoms with Gasteiger partial charge in [0.2, 0.25) is 0 Å². The predicted molar refractivity (Wildman–Crippen MR) is 152 cm³/mol. The fourth-order valence-electron chi connectivity index (χ4n) is 6.32. The number of alkyl halides is 3. The van der Waals surface area contributed by atoms with Crippen LogP contribution in [0.3, 0.4) is 0 Å². The Hall–Kier alpha value is -4.61. The van der Waals surface area contributed by atoms with Gasteiger partial charge in [-0.05, 0) is 80.3 Å². The van der Waals surface area contributed by atoms with Crippen LogP contribution in [0.5, 0.6) is 0 Å². The van der Waals surface area contributed by atoms with Crippen LogP contribution < -0.4 is 4.90 Å². The monoisotopic (exact) mass is 609 g/mol. The fraction of sp³-hybridized carbons (Fsp3) is 0.312. The summed E-state index contributed by atoms with van der Waals surface area (Å²) in [6.45, 7) is 4.39. The number of aryl methyl sites for hydroxylation is 2. The first-order valence-corrected chi connectivity index (χ1v) is 14.1. The fourth-order valence-corrected chi connectivity index (χ4v) is 6.32. The molecule has 0 N–H and O–H groups in total. The van der Waals surface area contributed by atoms with Gasteiger partial charge < -0.3 is 9.80 Å². The van der Waals surface area contributed by atoms with Gasteiger partial charge in [-0.25, -0.2) is 13.5 Å². The van der Waals surface area contributed by atoms with Crippen LogP contribution in [0.2, 0.25) is 0 Å². The highest BCUT2D eigenvalue weighted by Crippen LogP contribution is 2.41. The van der Waals surface area contributed by atoms with Crippen molar-refractivity contribution in [2.24, 2.45) is 0 Å². The van der Waals surface area contributed by atoms with E-state index in [1.54, 1.807) is 49.2 Å². The number of ketones is 1. The summed E-state index contributed by atoms with van der Waals surface area (Å²) < 4.78 is 69.6. The molecule has 2 fully saturated rings. The number of aromatic nitrogens is 3. The lowest BCUT2D eigenvalue weighted by atomic mass is 9.83. The molecule has 6 rings (SSSR count). The van der Waals surface area contributed by atoms with Gasteiger partial charge in [-0.2, -0.15) is 18.3 Å². The molecule has 7 nitrogen and oxygen atoms in total. The Kier molecular flexibility index (Phi) is 7.25. The van der Waals surface area contributed by atoms with E-state index in [9.17, 15) is 31.5 Å². The van der Waals surface area contributed by atoms with Gasteiger partial charge in [-0.1, -0.05) is 0 Å². The zero-order chi connectivity index (χ0) is 31.4. The molecule has 0 unspecified atom stereocenters. The van der Waals surface area contributed by atoms with E-state index in [0.29, 0.717) is 54.3 Å². The normalized spacial score (nSPS) is 16.7. The Balaban J connectivity index is 1.29. The number of piperidine rings is 1. The predicted octanol–water partition coefficient (Wildman–Crippen LogP) is 6.30. The van der Waals surface area contributed by atoms with Gasteiger partial charge in [-0.15, -0.1) is 0 Å². The maximum absolute atomic E-state index is 14.5. The summed E-state index contributed by atoms with van der Waals surface area (Å²) in [5, 5.41) is 4.40. The number of amides is 1. The topological polar surface area (TPSA) is 71.3 Å². The van der Waals surface area contributed by atoms with E-state index in [1.165, 1.54) is 16.9 Å². The number of halogens is 5. The second-order valence-corrected chi connectivity index (χ2v) is 11.3. The Labute approximate surface area is 249 Å². The number of benzene rings is 2. The highest BCUT2D eigenvalue weighted by atomic mass is 19.4. The highest BCUT2D eigenvalue weighted by molar-refractivity contribution is 5.97. The standard InChI is InChI=1S/C32H28F5N5O2/c1-19-14-23(15-20(2)29(19)34)41-11-7-28(43)31(41)8-12-40(13-9-31)30(44)26-17-27(21-4-3-10-38-18-21)42(39-26)22-5-6-24(25(33)16-22)32(35,36)37/h3-6,10,14-18H,7-9,11-13H2,1-2H3. The molecule has 4 aromatic rings. The number of hydrogen-bond donors (Lipinski definition) is 0. The molecule has 2 aliphatic rings. The summed E-state index contributed by atoms with van der Waals surface area (Å²) in [7, 11) is 0. The number of pyridine rings is 1. The molecule has 12 heteroatoms. The zero-order valence-electron chi connectivity index (χ0n) is 24.0. The summed E-state index contributed by atoms with van der Waals surface area (Å²) >= 11 is 0. The lowest BCUT2D eigenvalue weighted by Gasteiger charge is -2.44. The SMILES string of the molecule is Cc1cc(N2CCC(=O)C23CCN(C(=O)c2cc(-c4cccnc4)n(-c4ccc(C(F)(F)F)c(F)c4)n2)CC3)cc(C)c1F. The Morgan fingerprint density at radius 2 is 1.64 bits per heavy atom. The summed E-state index contributed by atoms with van der Waals surface area (Å²) in [4.78, 5) is 34.7. The second-order valence-electron chi connectivity index (χ2n) is 11.3. The molecule has 2 aromatic heterocycles. The van der Waals surface area contributed by atoms with Gasteiger partial charge in [-0.3, -0.25) is 14.6 Å². The van der Waals surface area contributed by atoms with E-state index in [4.69, 9.17) is 0 Å². The number of carbonyl (C=O) groups is 2. The second kappa shape index (κ2) is 10.8. The molecule has 2 aromatic carbocycles. The number of anilines is 1. The van der Waals surface area contributed by atoms with E-state index in [-0.39, 0.29) is 36.1 Å². The van der Waals surface area contributed by atoms with Gasteiger partial charge in [0.05, 0.1) is 16.9 Å². The van der Waals surface area contributed by atoms with Crippen molar-refractivity contribution >= 4 is 17.4 Å². The van der Waals surface area contributed by atoms with Crippen LogP contribution >= 0.6 is 0 Å². The molecule has 2 saturated heterocycles. The number of carbonyl (C=O) groups excluding carboxylic acids is 2. The average Bonchev–Trinajstić information content (AvgIpc) is 3.57. The average molecular weight is 610 g/mol. The lowest BCUT2D eigenvalue weighted by Crippen LogP contribution is -2.57. The molecule has 0 saturated carbocycles. The van der Waals surface area contributed by atoms with Gasteiger partial charge in [0.25, 0.3) is 5.91 Å². The van der Waals surface area contributed by atoms with Crippen LogP contribution in [0.25, 0.3) is 16.9 Å². The van der Waals surface area contributed by atoms with Crippen molar-refractivity contribution in [3.05, 3.63) is 94.9 Å². The van der Waals surface area contributed by atoms with E-state index >= 15 is 0 Å². The van der Waals surface area contributed by atoms with Crippen molar-refractivity contribution in [2.45, 2.75) is 44.8 Å². The van der Waals surface area contributed by atoms with Crippen molar-refractivity contribution in [3.8, 4) is 16.9 Å². The Morgan fingerprint density at radius 3 is 2.25 bits per heavy atom. The number of nitrogens with zero attached hydrogens (tertiary/aromatic N) is 5. The van der Waals surface area contributed by atoms with Crippen LogP contribution in [0.15, 0.2) is 60.9 Å². The van der Waals surface area contributed by atoms with E-state index in [0.717, 1.165) is 17.8 Å². The molecule has 0 atom stereocenters. The van der Waals surface area contributed by atoms with Gasteiger partial charge in [0.1, 0.15) is 17.2 Å². The van der Waals surface area contributed by atoms with Crippen LogP contribution in [-0.4, -0.2) is 56.5 Å². The third kappa shape index (κ3) is 5.01. The van der Waals surface area contributed by atoms with E-state index in [2.05, 4.69) is 10.1 Å². The molecule has 44 heavy (non-hydrogen) atoms. The smallest absolute Gasteiger partial charge is 0.358 e. The minimum absolute atomic E-state index is 0.00285. The van der Waals surface area contributed by atoms with Crippen LogP contribution in [0.4, 0.5) is 27.6 Å². The lowest BCUT2D eigenvalue weighted by molar-refractivity contribution is -0.140. The van der Waals surface area contributed by atoms with Crippen molar-refractivity contribution < 1.29 is 31.5 Å². The molecule has 0 aliphatic carbocycles. The van der Waals surface area contributed by atoms with Crippen molar-refractivity contribution in [3.63, 3.8) is 0 Å². The molecule has 0 radical (unpaired) electrons. The maximum Gasteiger partial charge on any atom is 0.419 e. The first kappa shape index (κ1) is 29.5. The largest absolute Gasteiger partial charge is 0.419 e. The number of hydrogen-bond acceptors (Lipinski definition) is 5. The van der Waals surface area contributed by atoms with Crippen molar-refractivity contribution in [1.29, 1.82) is 0 Å². The van der Waals surface area contributed by atoms with Gasteiger partial charge in [0, 0.05) is 55.8 Å². The molecular formula is C32H28F5N5O2. The highest BCUT2D eigenvalue weighted by Gasteiger charge is 2.50. The summed E-state index contributed by atoms with van der Waals surface area (Å²) in [6, 6.07) is 10.8. The molecule has 1 amide bonds. The van der Waals surface area contributed by atoms with E-state index < -0.39 is 29.0 Å². The van der Waals surface area contributed by atoms with Gasteiger partial charge >= 0.3 is 6.18 Å². The van der Waals surface area contributed by atoms with Crippen molar-refractivity contribution in [2.75, 3.05) is 24.5 Å². The number of likely N-dealkylation sites (tertiary alicyclic amines) is 1. The van der Waals surface area contributed by atoms with Gasteiger partial charge in [0.15, 0.2) is 11.5 Å². The summed E-state index contributed by atoms with van der Waals surface area (Å²) in [6.07, 6.45) is -0.727. The van der Waals surface area contributed by atoms with Crippen LogP contribution in [0, 0.1) is 25.5 Å². The minimum atomic E-state index is -4.86. The quantitative estimate of drug-likeness (QED) is 0.254. The first-order valence-electron chi connectivity index (χ1n) is 14.1. The molecular weight excluding hydrogens is 581 g/mol. The molecule has 2 aliphatic heterocycles. The summed E-state index contributed by atoms with van der Waals surface area (Å²) in [5.74, 6) is -2.09. The third-order valence-electron chi connectivity index (χ3n) is 8.60. The molecule has 4 heterocycles. The summed E-state index contributed by atoms with van der Waals surface area (Å²) in [5.41, 5.74) is 0.424. The molecule has 228 valence electrons. The number of rotatable bonds is 4. The minimum Gasteiger partial charge on any atom is -0.358 e.